The van der Waals surface area contributed by atoms with E-state index in [1.165, 1.54) is 44.9 Å². The monoisotopic (exact) mass is 280 g/mol. The molecule has 3 aliphatic carbocycles. The summed E-state index contributed by atoms with van der Waals surface area (Å²) in [5.74, 6) is 1.53. The lowest BCUT2D eigenvalue weighted by molar-refractivity contribution is 0.0710. The van der Waals surface area contributed by atoms with Crippen molar-refractivity contribution >= 4 is 6.03 Å². The molecule has 0 atom stereocenters. The average molecular weight is 280 g/mol. The highest BCUT2D eigenvalue weighted by Crippen LogP contribution is 2.45. The molecule has 3 fully saturated rings. The van der Waals surface area contributed by atoms with Crippen LogP contribution in [0.5, 0.6) is 0 Å². The SMILES string of the molecule is COCCC1(CNC(=O)NC(C2CC2)C2CC2)CCC1. The van der Waals surface area contributed by atoms with Crippen molar-refractivity contribution < 1.29 is 9.53 Å². The summed E-state index contributed by atoms with van der Waals surface area (Å²) in [6, 6.07) is 0.504. The topological polar surface area (TPSA) is 50.4 Å². The molecule has 0 spiro atoms. The maximum Gasteiger partial charge on any atom is 0.315 e. The quantitative estimate of drug-likeness (QED) is 0.718. The molecular formula is C16H28N2O2. The molecule has 0 aromatic carbocycles. The second-order valence-corrected chi connectivity index (χ2v) is 7.12. The van der Waals surface area contributed by atoms with Gasteiger partial charge in [0.05, 0.1) is 0 Å². The Bertz CT molecular complexity index is 334. The van der Waals surface area contributed by atoms with Crippen LogP contribution in [0.25, 0.3) is 0 Å². The molecule has 0 aromatic heterocycles. The summed E-state index contributed by atoms with van der Waals surface area (Å²) >= 11 is 0. The van der Waals surface area contributed by atoms with E-state index in [0.717, 1.165) is 31.4 Å². The second-order valence-electron chi connectivity index (χ2n) is 7.12. The van der Waals surface area contributed by atoms with Crippen LogP contribution >= 0.6 is 0 Å². The summed E-state index contributed by atoms with van der Waals surface area (Å²) < 4.78 is 5.20. The van der Waals surface area contributed by atoms with Gasteiger partial charge in [-0.2, -0.15) is 0 Å². The van der Waals surface area contributed by atoms with Crippen LogP contribution in [0.4, 0.5) is 4.79 Å². The molecule has 0 aliphatic heterocycles. The lowest BCUT2D eigenvalue weighted by atomic mass is 9.67. The van der Waals surface area contributed by atoms with Crippen molar-refractivity contribution in [2.75, 3.05) is 20.3 Å². The Balaban J connectivity index is 1.41. The summed E-state index contributed by atoms with van der Waals surface area (Å²) in [6.45, 7) is 1.61. The number of amides is 2. The fourth-order valence-electron chi connectivity index (χ4n) is 3.51. The van der Waals surface area contributed by atoms with Gasteiger partial charge in [-0.05, 0) is 62.2 Å². The molecule has 0 unspecified atom stereocenters. The molecule has 0 heterocycles. The van der Waals surface area contributed by atoms with Crippen molar-refractivity contribution in [2.45, 2.75) is 57.4 Å². The normalized spacial score (nSPS) is 24.3. The largest absolute Gasteiger partial charge is 0.385 e. The third-order valence-corrected chi connectivity index (χ3v) is 5.43. The van der Waals surface area contributed by atoms with E-state index in [0.29, 0.717) is 11.5 Å². The molecule has 0 aromatic rings. The third-order valence-electron chi connectivity index (χ3n) is 5.43. The van der Waals surface area contributed by atoms with Gasteiger partial charge in [-0.25, -0.2) is 4.79 Å². The summed E-state index contributed by atoms with van der Waals surface area (Å²) in [5, 5.41) is 6.36. The summed E-state index contributed by atoms with van der Waals surface area (Å²) in [4.78, 5) is 12.1. The van der Waals surface area contributed by atoms with E-state index < -0.39 is 0 Å². The number of methoxy groups -OCH3 is 1. The Morgan fingerprint density at radius 2 is 1.90 bits per heavy atom. The Morgan fingerprint density at radius 3 is 2.35 bits per heavy atom. The Morgan fingerprint density at radius 1 is 1.25 bits per heavy atom. The van der Waals surface area contributed by atoms with Gasteiger partial charge in [-0.15, -0.1) is 0 Å². The minimum Gasteiger partial charge on any atom is -0.385 e. The van der Waals surface area contributed by atoms with Crippen LogP contribution in [0.1, 0.15) is 51.4 Å². The highest BCUT2D eigenvalue weighted by atomic mass is 16.5. The molecule has 3 rings (SSSR count). The fourth-order valence-corrected chi connectivity index (χ4v) is 3.51. The zero-order valence-electron chi connectivity index (χ0n) is 12.6. The van der Waals surface area contributed by atoms with Gasteiger partial charge in [0.1, 0.15) is 0 Å². The van der Waals surface area contributed by atoms with Crippen molar-refractivity contribution in [1.29, 1.82) is 0 Å². The zero-order chi connectivity index (χ0) is 14.0. The fraction of sp³-hybridized carbons (Fsp3) is 0.938. The van der Waals surface area contributed by atoms with Gasteiger partial charge in [0.25, 0.3) is 0 Å². The van der Waals surface area contributed by atoms with Crippen LogP contribution in [0, 0.1) is 17.3 Å². The summed E-state index contributed by atoms with van der Waals surface area (Å²) in [6.07, 6.45) is 10.0. The Kier molecular flexibility index (Phi) is 4.20. The molecule has 114 valence electrons. The number of carbonyl (C=O) groups is 1. The van der Waals surface area contributed by atoms with E-state index in [4.69, 9.17) is 4.74 Å². The predicted octanol–water partition coefficient (Wildman–Crippen LogP) is 2.68. The van der Waals surface area contributed by atoms with Gasteiger partial charge >= 0.3 is 6.03 Å². The second kappa shape index (κ2) is 5.92. The molecule has 0 bridgehead atoms. The van der Waals surface area contributed by atoms with E-state index >= 15 is 0 Å². The number of nitrogens with one attached hydrogen (secondary N) is 2. The number of rotatable bonds is 8. The molecule has 4 nitrogen and oxygen atoms in total. The first-order valence-corrected chi connectivity index (χ1v) is 8.26. The molecule has 4 heteroatoms. The molecule has 3 aliphatic rings. The summed E-state index contributed by atoms with van der Waals surface area (Å²) in [5.41, 5.74) is 0.308. The lowest BCUT2D eigenvalue weighted by Gasteiger charge is -2.42. The molecule has 0 radical (unpaired) electrons. The molecule has 2 amide bonds. The van der Waals surface area contributed by atoms with Crippen LogP contribution in [0.3, 0.4) is 0 Å². The number of hydrogen-bond donors (Lipinski definition) is 2. The van der Waals surface area contributed by atoms with Gasteiger partial charge in [0.15, 0.2) is 0 Å². The van der Waals surface area contributed by atoms with Gasteiger partial charge in [-0.1, -0.05) is 6.42 Å². The van der Waals surface area contributed by atoms with Crippen LogP contribution < -0.4 is 10.6 Å². The van der Waals surface area contributed by atoms with Crippen molar-refractivity contribution in [2.24, 2.45) is 17.3 Å². The van der Waals surface area contributed by atoms with Gasteiger partial charge in [0.2, 0.25) is 0 Å². The van der Waals surface area contributed by atoms with Gasteiger partial charge in [-0.3, -0.25) is 0 Å². The highest BCUT2D eigenvalue weighted by molar-refractivity contribution is 5.74. The van der Waals surface area contributed by atoms with Gasteiger partial charge in [0, 0.05) is 26.3 Å². The smallest absolute Gasteiger partial charge is 0.315 e. The van der Waals surface area contributed by atoms with Crippen LogP contribution in [0.15, 0.2) is 0 Å². The van der Waals surface area contributed by atoms with E-state index in [9.17, 15) is 4.79 Å². The van der Waals surface area contributed by atoms with E-state index in [1.54, 1.807) is 7.11 Å². The third kappa shape index (κ3) is 3.46. The van der Waals surface area contributed by atoms with E-state index in [-0.39, 0.29) is 6.03 Å². The van der Waals surface area contributed by atoms with Crippen molar-refractivity contribution in [3.8, 4) is 0 Å². The molecule has 20 heavy (non-hydrogen) atoms. The van der Waals surface area contributed by atoms with Crippen molar-refractivity contribution in [3.63, 3.8) is 0 Å². The van der Waals surface area contributed by atoms with Crippen molar-refractivity contribution in [3.05, 3.63) is 0 Å². The first-order valence-electron chi connectivity index (χ1n) is 8.26. The van der Waals surface area contributed by atoms with Crippen LogP contribution in [-0.2, 0) is 4.74 Å². The van der Waals surface area contributed by atoms with Gasteiger partial charge < -0.3 is 15.4 Å². The predicted molar refractivity (Wildman–Crippen MR) is 78.5 cm³/mol. The molecule has 3 saturated carbocycles. The van der Waals surface area contributed by atoms with E-state index in [1.807, 2.05) is 0 Å². The maximum atomic E-state index is 12.1. The number of hydrogen-bond acceptors (Lipinski definition) is 2. The molecular weight excluding hydrogens is 252 g/mol. The summed E-state index contributed by atoms with van der Waals surface area (Å²) in [7, 11) is 1.75. The molecule has 0 saturated heterocycles. The Hall–Kier alpha value is -0.770. The van der Waals surface area contributed by atoms with Crippen LogP contribution in [0.2, 0.25) is 0 Å². The zero-order valence-corrected chi connectivity index (χ0v) is 12.6. The van der Waals surface area contributed by atoms with Crippen molar-refractivity contribution in [1.82, 2.24) is 10.6 Å². The highest BCUT2D eigenvalue weighted by Gasteiger charge is 2.42. The average Bonchev–Trinajstić information content (AvgIpc) is 3.27. The minimum atomic E-state index is 0.0532. The van der Waals surface area contributed by atoms with Crippen LogP contribution in [-0.4, -0.2) is 32.3 Å². The first kappa shape index (κ1) is 14.2. The first-order chi connectivity index (χ1) is 9.72. The Labute approximate surface area is 122 Å². The number of carbonyl (C=O) groups excluding carboxylic acids is 1. The maximum absolute atomic E-state index is 12.1. The number of ether oxygens (including phenoxy) is 1. The van der Waals surface area contributed by atoms with E-state index in [2.05, 4.69) is 10.6 Å². The standard InChI is InChI=1S/C16H28N2O2/c1-20-10-9-16(7-2-8-16)11-17-15(19)18-14(12-3-4-12)13-5-6-13/h12-14H,2-11H2,1H3,(H2,17,18,19). The molecule has 2 N–H and O–H groups in total. The lowest BCUT2D eigenvalue weighted by Crippen LogP contribution is -2.49. The number of urea groups is 1. The minimum absolute atomic E-state index is 0.0532.